The van der Waals surface area contributed by atoms with Crippen molar-refractivity contribution >= 4 is 67.3 Å². The number of nitrogens with zero attached hydrogens (tertiary/aromatic N) is 6. The fraction of sp³-hybridized carbons (Fsp3) is 0.189. The van der Waals surface area contributed by atoms with E-state index in [1.165, 1.54) is 30.6 Å². The summed E-state index contributed by atoms with van der Waals surface area (Å²) in [6.07, 6.45) is -1.94. The number of imide groups is 1. The number of nitrogens with one attached hydrogen (secondary N) is 1. The van der Waals surface area contributed by atoms with Gasteiger partial charge in [-0.05, 0) is 76.9 Å². The number of hydrogen-bond acceptors (Lipinski definition) is 13. The molecule has 0 radical (unpaired) electrons. The highest BCUT2D eigenvalue weighted by atomic mass is 32.1. The zero-order valence-electron chi connectivity index (χ0n) is 36.8. The third-order valence-electron chi connectivity index (χ3n) is 13.1. The minimum Gasteiger partial charge on any atom is -0.508 e. The van der Waals surface area contributed by atoms with Gasteiger partial charge in [-0.15, -0.1) is 5.10 Å². The number of amides is 3. The van der Waals surface area contributed by atoms with Gasteiger partial charge in [-0.3, -0.25) is 19.3 Å². The number of aromatic nitrogens is 4. The molecule has 0 aliphatic carbocycles. The maximum Gasteiger partial charge on any atom is 0.421 e. The van der Waals surface area contributed by atoms with Gasteiger partial charge in [0.05, 0.1) is 46.0 Å². The van der Waals surface area contributed by atoms with Crippen LogP contribution in [0.25, 0.3) is 21.3 Å². The van der Waals surface area contributed by atoms with Gasteiger partial charge >= 0.3 is 12.1 Å². The number of rotatable bonds is 9. The Bertz CT molecular complexity index is 3320. The molecule has 6 aromatic carbocycles. The maximum absolute atomic E-state index is 16.4. The second-order valence-corrected chi connectivity index (χ2v) is 17.9. The lowest BCUT2D eigenvalue weighted by Crippen LogP contribution is -2.54. The molecule has 1 spiro atoms. The van der Waals surface area contributed by atoms with Gasteiger partial charge in [0.1, 0.15) is 42.0 Å². The van der Waals surface area contributed by atoms with Crippen LogP contribution in [0, 0.1) is 17.8 Å². The second-order valence-electron chi connectivity index (χ2n) is 16.8. The predicted molar refractivity (Wildman–Crippen MR) is 256 cm³/mol. The number of carbonyl (C=O) groups excluding carboxylic acids is 4. The molecule has 5 heterocycles. The van der Waals surface area contributed by atoms with Crippen molar-refractivity contribution < 1.29 is 38.5 Å². The van der Waals surface area contributed by atoms with Gasteiger partial charge in [-0.2, -0.15) is 0 Å². The molecule has 11 rings (SSSR count). The number of methoxy groups -OCH3 is 1. The molecule has 69 heavy (non-hydrogen) atoms. The average molecular weight is 936 g/mol. The number of cyclic esters (lactones) is 1. The van der Waals surface area contributed by atoms with Gasteiger partial charge in [-0.1, -0.05) is 125 Å². The van der Waals surface area contributed by atoms with Crippen LogP contribution in [0.5, 0.6) is 5.75 Å². The molecule has 8 aromatic rings. The molecule has 2 aromatic heterocycles. The van der Waals surface area contributed by atoms with Gasteiger partial charge in [0.25, 0.3) is 0 Å². The normalized spacial score (nSPS) is 21.7. The third-order valence-corrected chi connectivity index (χ3v) is 14.0. The third kappa shape index (κ3) is 7.35. The molecule has 2 fully saturated rings. The van der Waals surface area contributed by atoms with Crippen LogP contribution in [-0.4, -0.2) is 80.2 Å². The zero-order valence-corrected chi connectivity index (χ0v) is 37.7. The Morgan fingerprint density at radius 2 is 1.52 bits per heavy atom. The summed E-state index contributed by atoms with van der Waals surface area (Å²) in [5.41, 5.74) is 2.78. The number of fused-ring (bicyclic) bond motifs is 5. The molecular weight excluding hydrogens is 895 g/mol. The highest BCUT2D eigenvalue weighted by Gasteiger charge is 2.76. The summed E-state index contributed by atoms with van der Waals surface area (Å²) >= 11 is 1.24. The fourth-order valence-electron chi connectivity index (χ4n) is 10.3. The smallest absolute Gasteiger partial charge is 0.421 e. The highest BCUT2D eigenvalue weighted by Crippen LogP contribution is 2.66. The van der Waals surface area contributed by atoms with E-state index < -0.39 is 59.4 Å². The van der Waals surface area contributed by atoms with Crippen molar-refractivity contribution in [1.29, 1.82) is 0 Å². The van der Waals surface area contributed by atoms with E-state index in [2.05, 4.69) is 27.5 Å². The number of ether oxygens (including phenoxy) is 3. The standard InChI is InChI=1S/C53H41N7O8S/c1-66-29-30-67-52(65)59-40-27-22-32(13-12-28-58-41-20-10-8-18-38(41)56-57-58)31-37(40)53(50(59)64)43(48(62)55-51-54-39-19-9-11-21-42(39)69-51)45-49(63)68-46(34-16-6-3-7-17-34)44(33-14-4-2-5-15-33)60(45)47(53)35-23-25-36(61)26-24-35/h2-11,14-27,31,43-47,61H,28-30H2,1H3,(H,54,55,62)/t43-,44-,45-,46+,47+,53-/m1/s1. The molecule has 3 aliphatic rings. The van der Waals surface area contributed by atoms with Crippen molar-refractivity contribution in [2.24, 2.45) is 5.92 Å². The summed E-state index contributed by atoms with van der Waals surface area (Å²) in [6, 6.07) is 41.6. The molecule has 3 amide bonds. The lowest BCUT2D eigenvalue weighted by atomic mass is 9.65. The molecule has 0 bridgehead atoms. The first kappa shape index (κ1) is 43.3. The van der Waals surface area contributed by atoms with Crippen molar-refractivity contribution in [3.63, 3.8) is 0 Å². The summed E-state index contributed by atoms with van der Waals surface area (Å²) < 4.78 is 19.9. The van der Waals surface area contributed by atoms with Crippen molar-refractivity contribution in [1.82, 2.24) is 24.9 Å². The summed E-state index contributed by atoms with van der Waals surface area (Å²) in [6.45, 7) is 0.0388. The average Bonchev–Trinajstić information content (AvgIpc) is 4.13. The Labute approximate surface area is 398 Å². The van der Waals surface area contributed by atoms with E-state index in [1.807, 2.05) is 114 Å². The topological polar surface area (TPSA) is 178 Å². The van der Waals surface area contributed by atoms with E-state index in [1.54, 1.807) is 35.0 Å². The summed E-state index contributed by atoms with van der Waals surface area (Å²) in [4.78, 5) is 69.7. The molecule has 2 N–H and O–H groups in total. The number of hydrogen-bond donors (Lipinski definition) is 2. The van der Waals surface area contributed by atoms with Crippen molar-refractivity contribution in [2.75, 3.05) is 30.5 Å². The van der Waals surface area contributed by atoms with Crippen LogP contribution < -0.4 is 10.2 Å². The number of esters is 1. The Hall–Kier alpha value is -8.23. The van der Waals surface area contributed by atoms with E-state index in [4.69, 9.17) is 19.2 Å². The zero-order chi connectivity index (χ0) is 47.2. The van der Waals surface area contributed by atoms with Crippen LogP contribution in [-0.2, 0) is 40.6 Å². The number of phenols is 1. The van der Waals surface area contributed by atoms with Gasteiger partial charge in [0, 0.05) is 12.7 Å². The Morgan fingerprint density at radius 3 is 2.28 bits per heavy atom. The van der Waals surface area contributed by atoms with Crippen molar-refractivity contribution in [3.8, 4) is 17.6 Å². The monoisotopic (exact) mass is 935 g/mol. The first-order valence-electron chi connectivity index (χ1n) is 22.2. The SMILES string of the molecule is COCCOC(=O)N1C(=O)[C@@]2(c3cc(C#CCn4nnc5ccccc54)ccc31)[C@H](c1ccc(O)cc1)N1[C@H](c3ccccc3)[C@H](c3ccccc3)OC(=O)[C@H]1[C@@H]2C(=O)Nc1nc2ccccc2s1. The van der Waals surface area contributed by atoms with Gasteiger partial charge < -0.3 is 24.6 Å². The van der Waals surface area contributed by atoms with E-state index in [9.17, 15) is 9.90 Å². The Kier molecular flexibility index (Phi) is 11.2. The second kappa shape index (κ2) is 17.8. The summed E-state index contributed by atoms with van der Waals surface area (Å²) in [5, 5.41) is 22.6. The van der Waals surface area contributed by atoms with E-state index in [-0.39, 0.29) is 41.9 Å². The Balaban J connectivity index is 1.17. The molecule has 3 aliphatic heterocycles. The van der Waals surface area contributed by atoms with Crippen LogP contribution in [0.2, 0.25) is 0 Å². The molecular formula is C53H41N7O8S. The van der Waals surface area contributed by atoms with Crippen LogP contribution >= 0.6 is 11.3 Å². The number of morpholine rings is 1. The quantitative estimate of drug-likeness (QED) is 0.0814. The molecule has 0 saturated carbocycles. The molecule has 0 unspecified atom stereocenters. The predicted octanol–water partition coefficient (Wildman–Crippen LogP) is 7.89. The van der Waals surface area contributed by atoms with Crippen LogP contribution in [0.1, 0.15) is 46.0 Å². The van der Waals surface area contributed by atoms with E-state index in [0.717, 1.165) is 20.7 Å². The minimum absolute atomic E-state index is 0.0476. The van der Waals surface area contributed by atoms with Crippen LogP contribution in [0.15, 0.2) is 152 Å². The number of thiazole rings is 1. The van der Waals surface area contributed by atoms with Gasteiger partial charge in [0.2, 0.25) is 11.8 Å². The summed E-state index contributed by atoms with van der Waals surface area (Å²) in [5.74, 6) is 2.50. The number of phenolic OH excluding ortho intramolecular Hbond substituents is 1. The lowest BCUT2D eigenvalue weighted by molar-refractivity contribution is -0.177. The first-order valence-corrected chi connectivity index (χ1v) is 23.0. The van der Waals surface area contributed by atoms with Crippen molar-refractivity contribution in [3.05, 3.63) is 179 Å². The lowest BCUT2D eigenvalue weighted by Gasteiger charge is -2.46. The molecule has 342 valence electrons. The first-order chi connectivity index (χ1) is 33.8. The maximum atomic E-state index is 16.4. The largest absolute Gasteiger partial charge is 0.508 e. The number of benzene rings is 6. The number of aromatic hydroxyl groups is 1. The Morgan fingerprint density at radius 1 is 0.812 bits per heavy atom. The van der Waals surface area contributed by atoms with E-state index >= 15 is 14.4 Å². The number of carbonyl (C=O) groups is 4. The minimum atomic E-state index is -2.09. The van der Waals surface area contributed by atoms with E-state index in [0.29, 0.717) is 27.7 Å². The number of anilines is 2. The molecule has 16 heteroatoms. The summed E-state index contributed by atoms with van der Waals surface area (Å²) in [7, 11) is 1.46. The fourth-order valence-corrected chi connectivity index (χ4v) is 11.1. The van der Waals surface area contributed by atoms with Gasteiger partial charge in [-0.25, -0.2) is 19.4 Å². The van der Waals surface area contributed by atoms with Crippen LogP contribution in [0.3, 0.4) is 0 Å². The van der Waals surface area contributed by atoms with Gasteiger partial charge in [0.15, 0.2) is 5.13 Å². The molecule has 15 nitrogen and oxygen atoms in total. The number of para-hydroxylation sites is 2. The molecule has 2 saturated heterocycles. The highest BCUT2D eigenvalue weighted by molar-refractivity contribution is 7.22. The van der Waals surface area contributed by atoms with Crippen molar-refractivity contribution in [2.45, 2.75) is 36.2 Å². The van der Waals surface area contributed by atoms with Crippen LogP contribution in [0.4, 0.5) is 15.6 Å². The molecule has 6 atom stereocenters.